The monoisotopic (exact) mass is 494 g/mol. The minimum absolute atomic E-state index is 0.00912. The van der Waals surface area contributed by atoms with E-state index in [0.717, 1.165) is 26.2 Å². The van der Waals surface area contributed by atoms with E-state index in [1.165, 1.54) is 41.9 Å². The number of carbonyl (C=O) groups excluding carboxylic acids is 2. The molecule has 0 saturated heterocycles. The van der Waals surface area contributed by atoms with Crippen molar-refractivity contribution in [2.24, 2.45) is 0 Å². The van der Waals surface area contributed by atoms with Crippen molar-refractivity contribution in [1.82, 2.24) is 10.8 Å². The highest BCUT2D eigenvalue weighted by Gasteiger charge is 2.48. The molecule has 2 aromatic rings. The summed E-state index contributed by atoms with van der Waals surface area (Å²) in [6.45, 7) is 0.905. The van der Waals surface area contributed by atoms with Crippen LogP contribution >= 0.6 is 0 Å². The number of hydrogen-bond donors (Lipinski definition) is 3. The van der Waals surface area contributed by atoms with Gasteiger partial charge in [-0.2, -0.15) is 13.2 Å². The SMILES string of the molecule is COC(C)(C(F)F)[C@H](NC(=O)c1ccc(C#CC#Cc2ccc(C(F)(F)F)cc2)cc1)C(=O)NO. The molecule has 0 saturated carbocycles. The Kier molecular flexibility index (Phi) is 8.95. The minimum atomic E-state index is -4.44. The standard InChI is InChI=1S/C24H19F5N2O4/c1-23(35-2,22(25)26)19(21(33)31-34)30-20(32)17-11-7-15(8-12-17)5-3-4-6-16-9-13-18(14-10-16)24(27,28)29/h7-14,19,22,34H,1-2H3,(H,30,32)(H,31,33)/t19-,23?/m1/s1. The summed E-state index contributed by atoms with van der Waals surface area (Å²) in [5.74, 6) is 8.13. The second-order valence-electron chi connectivity index (χ2n) is 7.22. The van der Waals surface area contributed by atoms with E-state index in [-0.39, 0.29) is 5.56 Å². The van der Waals surface area contributed by atoms with Crippen molar-refractivity contribution in [2.45, 2.75) is 31.2 Å². The first-order valence-corrected chi connectivity index (χ1v) is 9.80. The lowest BCUT2D eigenvalue weighted by atomic mass is 9.95. The summed E-state index contributed by atoms with van der Waals surface area (Å²) in [6.07, 6.45) is -7.61. The molecule has 2 amide bonds. The Morgan fingerprint density at radius 1 is 0.943 bits per heavy atom. The van der Waals surface area contributed by atoms with Crippen LogP contribution in [-0.2, 0) is 15.7 Å². The first-order chi connectivity index (χ1) is 16.4. The van der Waals surface area contributed by atoms with Crippen molar-refractivity contribution in [3.05, 3.63) is 70.8 Å². The maximum atomic E-state index is 13.4. The van der Waals surface area contributed by atoms with Crippen LogP contribution in [0, 0.1) is 23.7 Å². The molecule has 3 N–H and O–H groups in total. The van der Waals surface area contributed by atoms with E-state index in [1.807, 2.05) is 0 Å². The molecule has 184 valence electrons. The molecule has 0 spiro atoms. The van der Waals surface area contributed by atoms with Crippen molar-refractivity contribution >= 4 is 11.8 Å². The zero-order chi connectivity index (χ0) is 26.2. The summed E-state index contributed by atoms with van der Waals surface area (Å²) in [4.78, 5) is 24.4. The lowest BCUT2D eigenvalue weighted by Gasteiger charge is -2.34. The van der Waals surface area contributed by atoms with Gasteiger partial charge in [-0.25, -0.2) is 14.3 Å². The van der Waals surface area contributed by atoms with Crippen molar-refractivity contribution in [1.29, 1.82) is 0 Å². The predicted octanol–water partition coefficient (Wildman–Crippen LogP) is 3.38. The number of methoxy groups -OCH3 is 1. The maximum absolute atomic E-state index is 13.4. The van der Waals surface area contributed by atoms with Gasteiger partial charge in [0, 0.05) is 23.8 Å². The van der Waals surface area contributed by atoms with Crippen LogP contribution in [0.1, 0.15) is 34.0 Å². The van der Waals surface area contributed by atoms with Crippen LogP contribution in [0.15, 0.2) is 48.5 Å². The lowest BCUT2D eigenvalue weighted by molar-refractivity contribution is -0.157. The predicted molar refractivity (Wildman–Crippen MR) is 114 cm³/mol. The van der Waals surface area contributed by atoms with Crippen molar-refractivity contribution in [2.75, 3.05) is 7.11 Å². The normalized spacial score (nSPS) is 13.4. The number of rotatable bonds is 6. The molecule has 0 fully saturated rings. The zero-order valence-electron chi connectivity index (χ0n) is 18.3. The fraction of sp³-hybridized carbons (Fsp3) is 0.250. The molecular weight excluding hydrogens is 475 g/mol. The Hall–Kier alpha value is -3.93. The largest absolute Gasteiger partial charge is 0.416 e. The van der Waals surface area contributed by atoms with Crippen molar-refractivity contribution in [3.8, 4) is 23.7 Å². The van der Waals surface area contributed by atoms with Gasteiger partial charge in [0.15, 0.2) is 5.60 Å². The second kappa shape index (κ2) is 11.5. The summed E-state index contributed by atoms with van der Waals surface area (Å²) < 4.78 is 69.3. The molecule has 0 radical (unpaired) electrons. The van der Waals surface area contributed by atoms with E-state index in [0.29, 0.717) is 11.1 Å². The lowest BCUT2D eigenvalue weighted by Crippen LogP contribution is -2.62. The number of benzene rings is 2. The van der Waals surface area contributed by atoms with E-state index >= 15 is 0 Å². The van der Waals surface area contributed by atoms with Gasteiger partial charge in [-0.05, 0) is 67.3 Å². The Balaban J connectivity index is 2.11. The number of hydrogen-bond acceptors (Lipinski definition) is 4. The number of carbonyl (C=O) groups is 2. The molecule has 0 aromatic heterocycles. The van der Waals surface area contributed by atoms with Gasteiger partial charge in [0.05, 0.1) is 5.56 Å². The number of nitrogens with one attached hydrogen (secondary N) is 2. The summed E-state index contributed by atoms with van der Waals surface area (Å²) in [5.41, 5.74) is -1.20. The van der Waals surface area contributed by atoms with Crippen molar-refractivity contribution < 1.29 is 41.5 Å². The molecule has 6 nitrogen and oxygen atoms in total. The maximum Gasteiger partial charge on any atom is 0.416 e. The topological polar surface area (TPSA) is 87.7 Å². The van der Waals surface area contributed by atoms with E-state index in [2.05, 4.69) is 29.0 Å². The number of amides is 2. The number of alkyl halides is 5. The third kappa shape index (κ3) is 7.03. The third-order valence-corrected chi connectivity index (χ3v) is 4.93. The smallest absolute Gasteiger partial charge is 0.370 e. The Labute approximate surface area is 197 Å². The summed E-state index contributed by atoms with van der Waals surface area (Å²) in [7, 11) is 0.934. The molecule has 2 aromatic carbocycles. The van der Waals surface area contributed by atoms with Crippen LogP contribution in [-0.4, -0.2) is 42.2 Å². The number of ether oxygens (including phenoxy) is 1. The molecule has 0 aliphatic carbocycles. The van der Waals surface area contributed by atoms with Gasteiger partial charge in [0.2, 0.25) is 0 Å². The van der Waals surface area contributed by atoms with Crippen LogP contribution in [0.4, 0.5) is 22.0 Å². The summed E-state index contributed by atoms with van der Waals surface area (Å²) in [5, 5.41) is 11.0. The van der Waals surface area contributed by atoms with E-state index in [1.54, 1.807) is 0 Å². The quantitative estimate of drug-likeness (QED) is 0.249. The van der Waals surface area contributed by atoms with Gasteiger partial charge >= 0.3 is 6.18 Å². The number of hydroxylamine groups is 1. The third-order valence-electron chi connectivity index (χ3n) is 4.93. The van der Waals surface area contributed by atoms with Gasteiger partial charge in [-0.3, -0.25) is 14.8 Å². The molecule has 1 unspecified atom stereocenters. The van der Waals surface area contributed by atoms with E-state index in [4.69, 9.17) is 9.94 Å². The second-order valence-corrected chi connectivity index (χ2v) is 7.22. The van der Waals surface area contributed by atoms with Crippen LogP contribution in [0.2, 0.25) is 0 Å². The average Bonchev–Trinajstić information content (AvgIpc) is 2.84. The van der Waals surface area contributed by atoms with Crippen LogP contribution in [0.5, 0.6) is 0 Å². The number of halogens is 5. The molecule has 35 heavy (non-hydrogen) atoms. The highest BCUT2D eigenvalue weighted by molar-refractivity contribution is 5.97. The molecule has 0 heterocycles. The summed E-state index contributed by atoms with van der Waals surface area (Å²) in [6, 6.07) is 7.86. The fourth-order valence-corrected chi connectivity index (χ4v) is 2.74. The first-order valence-electron chi connectivity index (χ1n) is 9.80. The molecular formula is C24H19F5N2O4. The Bertz CT molecular complexity index is 1170. The van der Waals surface area contributed by atoms with Gasteiger partial charge < -0.3 is 10.1 Å². The molecule has 0 bridgehead atoms. The first kappa shape index (κ1) is 27.3. The Morgan fingerprint density at radius 3 is 1.83 bits per heavy atom. The highest BCUT2D eigenvalue weighted by atomic mass is 19.4. The molecule has 2 atom stereocenters. The van der Waals surface area contributed by atoms with Crippen LogP contribution < -0.4 is 10.8 Å². The van der Waals surface area contributed by atoms with Gasteiger partial charge in [0.1, 0.15) is 6.04 Å². The van der Waals surface area contributed by atoms with Crippen molar-refractivity contribution in [3.63, 3.8) is 0 Å². The Morgan fingerprint density at radius 2 is 1.43 bits per heavy atom. The van der Waals surface area contributed by atoms with Gasteiger partial charge in [0.25, 0.3) is 18.2 Å². The molecule has 2 rings (SSSR count). The molecule has 11 heteroatoms. The molecule has 0 aliphatic heterocycles. The zero-order valence-corrected chi connectivity index (χ0v) is 18.3. The van der Waals surface area contributed by atoms with Gasteiger partial charge in [-0.15, -0.1) is 0 Å². The highest BCUT2D eigenvalue weighted by Crippen LogP contribution is 2.29. The fourth-order valence-electron chi connectivity index (χ4n) is 2.74. The van der Waals surface area contributed by atoms with Gasteiger partial charge in [-0.1, -0.05) is 11.8 Å². The van der Waals surface area contributed by atoms with Crippen LogP contribution in [0.25, 0.3) is 0 Å². The van der Waals surface area contributed by atoms with Crippen LogP contribution in [0.3, 0.4) is 0 Å². The average molecular weight is 494 g/mol. The molecule has 0 aliphatic rings. The van der Waals surface area contributed by atoms with E-state index in [9.17, 15) is 31.5 Å². The minimum Gasteiger partial charge on any atom is -0.370 e. The van der Waals surface area contributed by atoms with E-state index < -0.39 is 41.6 Å². The summed E-state index contributed by atoms with van der Waals surface area (Å²) >= 11 is 0.